The molecule has 3 aromatic rings. The molecule has 1 amide bonds. The molecule has 3 rings (SSSR count). The zero-order chi connectivity index (χ0) is 18.5. The molecule has 8 heteroatoms. The highest BCUT2D eigenvalue weighted by molar-refractivity contribution is 7.11. The summed E-state index contributed by atoms with van der Waals surface area (Å²) in [5.41, 5.74) is 5.34. The zero-order valence-electron chi connectivity index (χ0n) is 14.6. The summed E-state index contributed by atoms with van der Waals surface area (Å²) < 4.78 is 10.5. The van der Waals surface area contributed by atoms with E-state index in [0.29, 0.717) is 22.9 Å². The number of H-pyrrole nitrogens is 1. The first kappa shape index (κ1) is 17.7. The summed E-state index contributed by atoms with van der Waals surface area (Å²) in [6.45, 7) is 1.99. The fourth-order valence-electron chi connectivity index (χ4n) is 2.31. The van der Waals surface area contributed by atoms with Crippen LogP contribution in [0.15, 0.2) is 40.8 Å². The van der Waals surface area contributed by atoms with Crippen molar-refractivity contribution in [3.63, 3.8) is 0 Å². The van der Waals surface area contributed by atoms with Crippen molar-refractivity contribution in [2.45, 2.75) is 6.92 Å². The van der Waals surface area contributed by atoms with Gasteiger partial charge in [-0.2, -0.15) is 10.2 Å². The number of methoxy groups -OCH3 is 2. The van der Waals surface area contributed by atoms with Crippen LogP contribution in [-0.2, 0) is 0 Å². The monoisotopic (exact) mass is 370 g/mol. The summed E-state index contributed by atoms with van der Waals surface area (Å²) in [6, 6.07) is 9.09. The van der Waals surface area contributed by atoms with E-state index in [0.717, 1.165) is 16.0 Å². The maximum atomic E-state index is 12.2. The summed E-state index contributed by atoms with van der Waals surface area (Å²) in [5.74, 6) is 0.854. The molecule has 7 nitrogen and oxygen atoms in total. The Morgan fingerprint density at radius 3 is 2.73 bits per heavy atom. The third-order valence-corrected chi connectivity index (χ3v) is 4.70. The van der Waals surface area contributed by atoms with Gasteiger partial charge in [-0.25, -0.2) is 5.43 Å². The smallest absolute Gasteiger partial charge is 0.289 e. The number of amides is 1. The number of hydrogen-bond acceptors (Lipinski definition) is 6. The number of thiophene rings is 1. The molecule has 2 heterocycles. The van der Waals surface area contributed by atoms with Gasteiger partial charge in [0, 0.05) is 10.4 Å². The van der Waals surface area contributed by atoms with Crippen LogP contribution in [0.25, 0.3) is 11.3 Å². The Morgan fingerprint density at radius 2 is 2.04 bits per heavy atom. The van der Waals surface area contributed by atoms with Gasteiger partial charge in [-0.15, -0.1) is 11.3 Å². The molecule has 0 atom stereocenters. The molecule has 0 aliphatic heterocycles. The van der Waals surface area contributed by atoms with Gasteiger partial charge in [0.2, 0.25) is 0 Å². The second-order valence-electron chi connectivity index (χ2n) is 5.40. The fourth-order valence-corrected chi connectivity index (χ4v) is 3.09. The normalized spacial score (nSPS) is 10.9. The number of nitrogens with zero attached hydrogens (tertiary/aromatic N) is 2. The highest BCUT2D eigenvalue weighted by Gasteiger charge is 2.12. The Hall–Kier alpha value is -3.13. The van der Waals surface area contributed by atoms with Gasteiger partial charge in [-0.05, 0) is 48.2 Å². The number of hydrazone groups is 1. The number of nitrogens with one attached hydrogen (secondary N) is 2. The van der Waals surface area contributed by atoms with Crippen LogP contribution in [0.3, 0.4) is 0 Å². The van der Waals surface area contributed by atoms with E-state index in [-0.39, 0.29) is 5.91 Å². The topological polar surface area (TPSA) is 88.6 Å². The third-order valence-electron chi connectivity index (χ3n) is 3.75. The van der Waals surface area contributed by atoms with Gasteiger partial charge in [0.25, 0.3) is 5.91 Å². The van der Waals surface area contributed by atoms with Crippen LogP contribution in [0.5, 0.6) is 11.5 Å². The molecule has 0 spiro atoms. The molecule has 0 saturated heterocycles. The highest BCUT2D eigenvalue weighted by Crippen LogP contribution is 2.31. The van der Waals surface area contributed by atoms with Crippen molar-refractivity contribution in [3.8, 4) is 22.8 Å². The number of benzene rings is 1. The minimum atomic E-state index is -0.366. The lowest BCUT2D eigenvalue weighted by atomic mass is 10.1. The van der Waals surface area contributed by atoms with Crippen molar-refractivity contribution in [1.82, 2.24) is 15.6 Å². The first-order valence-electron chi connectivity index (χ1n) is 7.77. The molecule has 0 aliphatic carbocycles. The minimum absolute atomic E-state index is 0.315. The molecular formula is C18H18N4O3S. The number of ether oxygens (including phenoxy) is 2. The highest BCUT2D eigenvalue weighted by atomic mass is 32.1. The number of aromatic amines is 1. The van der Waals surface area contributed by atoms with Gasteiger partial charge in [0.05, 0.1) is 26.1 Å². The van der Waals surface area contributed by atoms with Gasteiger partial charge in [0.15, 0.2) is 11.5 Å². The summed E-state index contributed by atoms with van der Waals surface area (Å²) in [4.78, 5) is 13.2. The van der Waals surface area contributed by atoms with E-state index in [1.165, 1.54) is 0 Å². The van der Waals surface area contributed by atoms with Crippen molar-refractivity contribution >= 4 is 23.5 Å². The lowest BCUT2D eigenvalue weighted by Gasteiger charge is -2.08. The summed E-state index contributed by atoms with van der Waals surface area (Å²) >= 11 is 1.56. The average molecular weight is 370 g/mol. The Balaban J connectivity index is 1.72. The number of carbonyl (C=O) groups excluding carboxylic acids is 1. The first-order chi connectivity index (χ1) is 12.6. The Bertz CT molecular complexity index is 946. The van der Waals surface area contributed by atoms with Crippen LogP contribution < -0.4 is 14.9 Å². The molecule has 2 N–H and O–H groups in total. The van der Waals surface area contributed by atoms with Gasteiger partial charge < -0.3 is 9.47 Å². The van der Waals surface area contributed by atoms with E-state index >= 15 is 0 Å². The number of aromatic nitrogens is 2. The molecule has 134 valence electrons. The predicted molar refractivity (Wildman–Crippen MR) is 101 cm³/mol. The Kier molecular flexibility index (Phi) is 5.33. The van der Waals surface area contributed by atoms with Crippen LogP contribution in [0.4, 0.5) is 0 Å². The quantitative estimate of drug-likeness (QED) is 0.515. The van der Waals surface area contributed by atoms with Crippen LogP contribution in [0.2, 0.25) is 0 Å². The number of aryl methyl sites for hydroxylation is 1. The van der Waals surface area contributed by atoms with Crippen molar-refractivity contribution < 1.29 is 14.3 Å². The number of carbonyl (C=O) groups is 1. The molecule has 26 heavy (non-hydrogen) atoms. The van der Waals surface area contributed by atoms with Crippen LogP contribution in [0, 0.1) is 6.92 Å². The van der Waals surface area contributed by atoms with Gasteiger partial charge in [0.1, 0.15) is 5.69 Å². The second kappa shape index (κ2) is 7.83. The molecule has 0 fully saturated rings. The molecule has 1 aromatic carbocycles. The third kappa shape index (κ3) is 3.75. The van der Waals surface area contributed by atoms with Gasteiger partial charge in [-0.3, -0.25) is 9.89 Å². The number of hydrogen-bond donors (Lipinski definition) is 2. The van der Waals surface area contributed by atoms with Gasteiger partial charge >= 0.3 is 0 Å². The maximum Gasteiger partial charge on any atom is 0.289 e. The van der Waals surface area contributed by atoms with Crippen molar-refractivity contribution in [1.29, 1.82) is 0 Å². The fraction of sp³-hybridized carbons (Fsp3) is 0.167. The number of rotatable bonds is 6. The summed E-state index contributed by atoms with van der Waals surface area (Å²) in [7, 11) is 3.14. The second-order valence-corrected chi connectivity index (χ2v) is 6.35. The van der Waals surface area contributed by atoms with E-state index in [2.05, 4.69) is 20.7 Å². The van der Waals surface area contributed by atoms with E-state index in [4.69, 9.17) is 9.47 Å². The standard InChI is InChI=1S/C18H18N4O3S/c1-11-6-7-26-17(11)10-19-22-18(23)14-9-13(20-21-14)12-4-5-15(24-2)16(8-12)25-3/h4-10H,1-3H3,(H,20,21)(H,22,23)/b19-10-. The molecule has 0 saturated carbocycles. The Morgan fingerprint density at radius 1 is 1.23 bits per heavy atom. The first-order valence-corrected chi connectivity index (χ1v) is 8.65. The largest absolute Gasteiger partial charge is 0.493 e. The average Bonchev–Trinajstić information content (AvgIpc) is 3.30. The predicted octanol–water partition coefficient (Wildman–Crippen LogP) is 3.23. The van der Waals surface area contributed by atoms with Crippen LogP contribution >= 0.6 is 11.3 Å². The van der Waals surface area contributed by atoms with E-state index in [1.807, 2.05) is 24.4 Å². The van der Waals surface area contributed by atoms with Crippen molar-refractivity contribution in [2.24, 2.45) is 5.10 Å². The van der Waals surface area contributed by atoms with Gasteiger partial charge in [-0.1, -0.05) is 0 Å². The molecule has 0 unspecified atom stereocenters. The molecule has 2 aromatic heterocycles. The lowest BCUT2D eigenvalue weighted by Crippen LogP contribution is -2.17. The van der Waals surface area contributed by atoms with E-state index < -0.39 is 0 Å². The zero-order valence-corrected chi connectivity index (χ0v) is 15.4. The van der Waals surface area contributed by atoms with Crippen molar-refractivity contribution in [2.75, 3.05) is 14.2 Å². The molecule has 0 aliphatic rings. The summed E-state index contributed by atoms with van der Waals surface area (Å²) in [5, 5.41) is 12.9. The summed E-state index contributed by atoms with van der Waals surface area (Å²) in [6.07, 6.45) is 1.63. The van der Waals surface area contributed by atoms with E-state index in [1.54, 1.807) is 50.0 Å². The van der Waals surface area contributed by atoms with Crippen molar-refractivity contribution in [3.05, 3.63) is 51.8 Å². The SMILES string of the molecule is COc1ccc(-c2cc(C(=O)N/N=C\c3sccc3C)[nH]n2)cc1OC. The Labute approximate surface area is 154 Å². The van der Waals surface area contributed by atoms with Crippen LogP contribution in [-0.4, -0.2) is 36.5 Å². The van der Waals surface area contributed by atoms with E-state index in [9.17, 15) is 4.79 Å². The van der Waals surface area contributed by atoms with Crippen LogP contribution in [0.1, 0.15) is 20.9 Å². The maximum absolute atomic E-state index is 12.2. The molecule has 0 radical (unpaired) electrons. The lowest BCUT2D eigenvalue weighted by molar-refractivity contribution is 0.0950. The molecule has 0 bridgehead atoms. The minimum Gasteiger partial charge on any atom is -0.493 e. The molecular weight excluding hydrogens is 352 g/mol.